The lowest BCUT2D eigenvalue weighted by Gasteiger charge is -2.15. The molecule has 0 aliphatic carbocycles. The maximum Gasteiger partial charge on any atom is 0.153 e. The van der Waals surface area contributed by atoms with Crippen molar-refractivity contribution in [1.82, 2.24) is 0 Å². The van der Waals surface area contributed by atoms with Crippen molar-refractivity contribution in [3.63, 3.8) is 0 Å². The molecule has 1 aliphatic rings. The molecule has 3 nitrogen and oxygen atoms in total. The molecule has 1 heterocycles. The van der Waals surface area contributed by atoms with Gasteiger partial charge in [0.2, 0.25) is 0 Å². The lowest BCUT2D eigenvalue weighted by Crippen LogP contribution is -2.23. The van der Waals surface area contributed by atoms with Crippen LogP contribution in [0.4, 0.5) is 0 Å². The number of carbonyl (C=O) groups excluding carboxylic acids is 1. The van der Waals surface area contributed by atoms with E-state index in [2.05, 4.69) is 13.0 Å². The van der Waals surface area contributed by atoms with Crippen LogP contribution in [0, 0.1) is 13.8 Å². The number of hydrogen-bond acceptors (Lipinski definition) is 3. The molecule has 1 aliphatic heterocycles. The Morgan fingerprint density at radius 3 is 2.95 bits per heavy atom. The summed E-state index contributed by atoms with van der Waals surface area (Å²) >= 11 is 0. The van der Waals surface area contributed by atoms with E-state index in [1.54, 1.807) is 6.07 Å². The van der Waals surface area contributed by atoms with Crippen molar-refractivity contribution in [2.75, 3.05) is 6.61 Å². The van der Waals surface area contributed by atoms with Crippen LogP contribution < -0.4 is 9.47 Å². The first-order chi connectivity index (χ1) is 10.2. The third-order valence-corrected chi connectivity index (χ3v) is 3.74. The van der Waals surface area contributed by atoms with Gasteiger partial charge in [0.05, 0.1) is 5.56 Å². The maximum absolute atomic E-state index is 11.1. The van der Waals surface area contributed by atoms with Crippen molar-refractivity contribution in [1.29, 1.82) is 0 Å². The molecule has 0 fully saturated rings. The Bertz CT molecular complexity index is 676. The lowest BCUT2D eigenvalue weighted by atomic mass is 10.1. The summed E-state index contributed by atoms with van der Waals surface area (Å²) in [4.78, 5) is 11.1. The zero-order valence-corrected chi connectivity index (χ0v) is 12.3. The summed E-state index contributed by atoms with van der Waals surface area (Å²) in [5.74, 6) is 1.60. The highest BCUT2D eigenvalue weighted by Crippen LogP contribution is 2.30. The zero-order chi connectivity index (χ0) is 14.8. The molecule has 1 unspecified atom stereocenters. The molecule has 21 heavy (non-hydrogen) atoms. The minimum atomic E-state index is 0.000841. The predicted octanol–water partition coefficient (Wildman–Crippen LogP) is 3.50. The third kappa shape index (κ3) is 2.77. The summed E-state index contributed by atoms with van der Waals surface area (Å²) in [7, 11) is 0. The number of para-hydroxylation sites is 1. The molecule has 0 saturated heterocycles. The molecule has 3 heteroatoms. The van der Waals surface area contributed by atoms with Gasteiger partial charge in [-0.25, -0.2) is 0 Å². The molecular formula is C18H18O3. The van der Waals surface area contributed by atoms with Crippen molar-refractivity contribution in [3.05, 3.63) is 58.7 Å². The molecule has 2 aromatic carbocycles. The van der Waals surface area contributed by atoms with E-state index in [1.165, 1.54) is 11.1 Å². The van der Waals surface area contributed by atoms with E-state index >= 15 is 0 Å². The minimum absolute atomic E-state index is 0.000841. The topological polar surface area (TPSA) is 35.5 Å². The first-order valence-electron chi connectivity index (χ1n) is 7.11. The Morgan fingerprint density at radius 1 is 1.29 bits per heavy atom. The number of fused-ring (bicyclic) bond motifs is 1. The van der Waals surface area contributed by atoms with Crippen LogP contribution in [0.25, 0.3) is 0 Å². The van der Waals surface area contributed by atoms with Gasteiger partial charge in [0.1, 0.15) is 24.2 Å². The van der Waals surface area contributed by atoms with E-state index in [-0.39, 0.29) is 6.10 Å². The molecule has 0 N–H and O–H groups in total. The van der Waals surface area contributed by atoms with Crippen LogP contribution in [-0.2, 0) is 6.42 Å². The molecule has 1 atom stereocenters. The number of ether oxygens (including phenoxy) is 2. The first kappa shape index (κ1) is 13.7. The Kier molecular flexibility index (Phi) is 3.65. The monoisotopic (exact) mass is 282 g/mol. The predicted molar refractivity (Wildman–Crippen MR) is 81.4 cm³/mol. The van der Waals surface area contributed by atoms with Gasteiger partial charge in [0.15, 0.2) is 6.29 Å². The Labute approximate surface area is 124 Å². The maximum atomic E-state index is 11.1. The fourth-order valence-electron chi connectivity index (χ4n) is 2.68. The highest BCUT2D eigenvalue weighted by atomic mass is 16.5. The van der Waals surface area contributed by atoms with Crippen molar-refractivity contribution < 1.29 is 14.3 Å². The van der Waals surface area contributed by atoms with Crippen LogP contribution in [0.5, 0.6) is 11.5 Å². The molecular weight excluding hydrogens is 264 g/mol. The van der Waals surface area contributed by atoms with Gasteiger partial charge in [-0.2, -0.15) is 0 Å². The highest BCUT2D eigenvalue weighted by Gasteiger charge is 2.23. The van der Waals surface area contributed by atoms with Crippen molar-refractivity contribution in [2.45, 2.75) is 26.4 Å². The summed E-state index contributed by atoms with van der Waals surface area (Å²) < 4.78 is 11.7. The number of rotatable bonds is 4. The quantitative estimate of drug-likeness (QED) is 0.805. The number of aryl methyl sites for hydroxylation is 2. The van der Waals surface area contributed by atoms with Gasteiger partial charge in [-0.05, 0) is 37.1 Å². The van der Waals surface area contributed by atoms with E-state index in [9.17, 15) is 4.79 Å². The van der Waals surface area contributed by atoms with Gasteiger partial charge in [-0.1, -0.05) is 29.8 Å². The summed E-state index contributed by atoms with van der Waals surface area (Å²) in [6, 6.07) is 11.8. The molecule has 108 valence electrons. The summed E-state index contributed by atoms with van der Waals surface area (Å²) in [5.41, 5.74) is 4.01. The van der Waals surface area contributed by atoms with E-state index in [0.29, 0.717) is 17.9 Å². The molecule has 0 bridgehead atoms. The first-order valence-corrected chi connectivity index (χ1v) is 7.11. The highest BCUT2D eigenvalue weighted by molar-refractivity contribution is 5.80. The summed E-state index contributed by atoms with van der Waals surface area (Å²) in [6.45, 7) is 4.46. The lowest BCUT2D eigenvalue weighted by molar-refractivity contribution is 0.111. The van der Waals surface area contributed by atoms with Gasteiger partial charge in [0, 0.05) is 6.42 Å². The second kappa shape index (κ2) is 5.60. The smallest absolute Gasteiger partial charge is 0.153 e. The second-order valence-corrected chi connectivity index (χ2v) is 5.48. The molecule has 0 aromatic heterocycles. The number of benzene rings is 2. The van der Waals surface area contributed by atoms with Crippen molar-refractivity contribution in [2.24, 2.45) is 0 Å². The van der Waals surface area contributed by atoms with Gasteiger partial charge in [0.25, 0.3) is 0 Å². The van der Waals surface area contributed by atoms with E-state index in [4.69, 9.17) is 9.47 Å². The average molecular weight is 282 g/mol. The van der Waals surface area contributed by atoms with Crippen molar-refractivity contribution >= 4 is 6.29 Å². The number of aldehydes is 1. The van der Waals surface area contributed by atoms with E-state index in [0.717, 1.165) is 24.0 Å². The molecule has 3 rings (SSSR count). The van der Waals surface area contributed by atoms with Crippen LogP contribution in [0.1, 0.15) is 27.0 Å². The standard InChI is InChI=1S/C18H18O3/c1-12-6-7-17-15(8-12)9-16(21-17)11-20-18-13(2)4-3-5-14(18)10-19/h3-8,10,16H,9,11H2,1-2H3. The Morgan fingerprint density at radius 2 is 2.14 bits per heavy atom. The van der Waals surface area contributed by atoms with Crippen LogP contribution in [0.15, 0.2) is 36.4 Å². The summed E-state index contributed by atoms with van der Waals surface area (Å²) in [6.07, 6.45) is 1.68. The normalized spacial score (nSPS) is 16.2. The molecule has 0 amide bonds. The van der Waals surface area contributed by atoms with Crippen LogP contribution in [-0.4, -0.2) is 19.0 Å². The van der Waals surface area contributed by atoms with E-state index < -0.39 is 0 Å². The zero-order valence-electron chi connectivity index (χ0n) is 12.3. The molecule has 2 aromatic rings. The molecule has 0 spiro atoms. The second-order valence-electron chi connectivity index (χ2n) is 5.48. The van der Waals surface area contributed by atoms with Crippen molar-refractivity contribution in [3.8, 4) is 11.5 Å². The molecule has 0 saturated carbocycles. The summed E-state index contributed by atoms with van der Waals surface area (Å²) in [5, 5.41) is 0. The number of carbonyl (C=O) groups is 1. The number of hydrogen-bond donors (Lipinski definition) is 0. The third-order valence-electron chi connectivity index (χ3n) is 3.74. The van der Waals surface area contributed by atoms with Crippen LogP contribution in [0.2, 0.25) is 0 Å². The minimum Gasteiger partial charge on any atom is -0.489 e. The van der Waals surface area contributed by atoms with Crippen LogP contribution >= 0.6 is 0 Å². The SMILES string of the molecule is Cc1ccc2c(c1)CC(COc1c(C)cccc1C=O)O2. The Balaban J connectivity index is 1.69. The van der Waals surface area contributed by atoms with E-state index in [1.807, 2.05) is 31.2 Å². The average Bonchev–Trinajstić information content (AvgIpc) is 2.87. The van der Waals surface area contributed by atoms with Gasteiger partial charge in [-0.3, -0.25) is 4.79 Å². The fraction of sp³-hybridized carbons (Fsp3) is 0.278. The van der Waals surface area contributed by atoms with Gasteiger partial charge >= 0.3 is 0 Å². The fourth-order valence-corrected chi connectivity index (χ4v) is 2.68. The largest absolute Gasteiger partial charge is 0.489 e. The van der Waals surface area contributed by atoms with Crippen LogP contribution in [0.3, 0.4) is 0 Å². The van der Waals surface area contributed by atoms with Gasteiger partial charge < -0.3 is 9.47 Å². The van der Waals surface area contributed by atoms with Gasteiger partial charge in [-0.15, -0.1) is 0 Å². The Hall–Kier alpha value is -2.29. The molecule has 0 radical (unpaired) electrons.